The second-order valence-electron chi connectivity index (χ2n) is 5.94. The first-order chi connectivity index (χ1) is 13.8. The molecule has 1 amide bonds. The molecule has 0 spiro atoms. The van der Waals surface area contributed by atoms with Crippen LogP contribution in [0, 0.1) is 0 Å². The molecule has 0 heterocycles. The van der Waals surface area contributed by atoms with Gasteiger partial charge in [-0.3, -0.25) is 4.79 Å². The number of amides is 1. The zero-order valence-corrected chi connectivity index (χ0v) is 15.7. The Balaban J connectivity index is 1.66. The van der Waals surface area contributed by atoms with Crippen LogP contribution in [0.4, 0.5) is 0 Å². The fraction of sp³-hybridized carbons (Fsp3) is 0.130. The van der Waals surface area contributed by atoms with Crippen molar-refractivity contribution < 1.29 is 14.3 Å². The fourth-order valence-electron chi connectivity index (χ4n) is 2.61. The smallest absolute Gasteiger partial charge is 0.275 e. The van der Waals surface area contributed by atoms with Gasteiger partial charge in [0.05, 0.1) is 18.4 Å². The van der Waals surface area contributed by atoms with E-state index in [1.807, 2.05) is 67.6 Å². The number of para-hydroxylation sites is 2. The maximum atomic E-state index is 12.5. The van der Waals surface area contributed by atoms with E-state index in [4.69, 9.17) is 9.47 Å². The highest BCUT2D eigenvalue weighted by Gasteiger charge is 2.11. The van der Waals surface area contributed by atoms with Crippen molar-refractivity contribution in [2.45, 2.75) is 13.5 Å². The van der Waals surface area contributed by atoms with Gasteiger partial charge in [0.1, 0.15) is 18.1 Å². The molecule has 5 heteroatoms. The van der Waals surface area contributed by atoms with Crippen molar-refractivity contribution in [3.8, 4) is 11.5 Å². The molecule has 0 fully saturated rings. The van der Waals surface area contributed by atoms with E-state index in [1.165, 1.54) is 0 Å². The number of rotatable bonds is 8. The predicted molar refractivity (Wildman–Crippen MR) is 110 cm³/mol. The molecular formula is C23H22N2O3. The monoisotopic (exact) mass is 374 g/mol. The maximum Gasteiger partial charge on any atom is 0.275 e. The molecule has 5 nitrogen and oxygen atoms in total. The Morgan fingerprint density at radius 1 is 0.893 bits per heavy atom. The van der Waals surface area contributed by atoms with Crippen molar-refractivity contribution in [2.75, 3.05) is 6.61 Å². The van der Waals surface area contributed by atoms with Crippen LogP contribution in [0.25, 0.3) is 0 Å². The zero-order chi connectivity index (χ0) is 19.6. The van der Waals surface area contributed by atoms with E-state index in [-0.39, 0.29) is 5.91 Å². The third-order valence-electron chi connectivity index (χ3n) is 3.96. The Bertz CT molecular complexity index is 939. The predicted octanol–water partition coefficient (Wildman–Crippen LogP) is 4.43. The molecule has 0 radical (unpaired) electrons. The molecule has 3 aromatic carbocycles. The number of carbonyl (C=O) groups is 1. The maximum absolute atomic E-state index is 12.5. The van der Waals surface area contributed by atoms with Gasteiger partial charge >= 0.3 is 0 Å². The molecule has 0 saturated carbocycles. The summed E-state index contributed by atoms with van der Waals surface area (Å²) in [6.45, 7) is 2.86. The van der Waals surface area contributed by atoms with Gasteiger partial charge in [-0.05, 0) is 36.8 Å². The van der Waals surface area contributed by atoms with Crippen LogP contribution < -0.4 is 14.9 Å². The topological polar surface area (TPSA) is 59.9 Å². The van der Waals surface area contributed by atoms with E-state index >= 15 is 0 Å². The molecule has 28 heavy (non-hydrogen) atoms. The fourth-order valence-corrected chi connectivity index (χ4v) is 2.61. The van der Waals surface area contributed by atoms with Crippen molar-refractivity contribution >= 4 is 12.1 Å². The standard InChI is InChI=1S/C23H22N2O3/c1-2-27-21-14-8-6-12-19(21)16-24-25-23(26)20-13-7-9-15-22(20)28-17-18-10-4-3-5-11-18/h3-16H,2,17H2,1H3,(H,25,26). The second kappa shape index (κ2) is 9.92. The summed E-state index contributed by atoms with van der Waals surface area (Å²) >= 11 is 0. The van der Waals surface area contributed by atoms with Gasteiger partial charge in [-0.2, -0.15) is 5.10 Å². The summed E-state index contributed by atoms with van der Waals surface area (Å²) in [7, 11) is 0. The van der Waals surface area contributed by atoms with Crippen LogP contribution in [0.2, 0.25) is 0 Å². The second-order valence-corrected chi connectivity index (χ2v) is 5.94. The van der Waals surface area contributed by atoms with Crippen molar-refractivity contribution in [1.82, 2.24) is 5.43 Å². The highest BCUT2D eigenvalue weighted by molar-refractivity contribution is 5.97. The number of nitrogens with one attached hydrogen (secondary N) is 1. The molecule has 0 aliphatic rings. The largest absolute Gasteiger partial charge is 0.493 e. The summed E-state index contributed by atoms with van der Waals surface area (Å²) in [5, 5.41) is 4.06. The third kappa shape index (κ3) is 5.20. The lowest BCUT2D eigenvalue weighted by Gasteiger charge is -2.10. The molecule has 0 aliphatic heterocycles. The molecule has 1 N–H and O–H groups in total. The van der Waals surface area contributed by atoms with Crippen molar-refractivity contribution in [3.63, 3.8) is 0 Å². The normalized spacial score (nSPS) is 10.6. The van der Waals surface area contributed by atoms with E-state index in [1.54, 1.807) is 24.4 Å². The Kier molecular flexibility index (Phi) is 6.79. The third-order valence-corrected chi connectivity index (χ3v) is 3.96. The van der Waals surface area contributed by atoms with Crippen LogP contribution >= 0.6 is 0 Å². The SMILES string of the molecule is CCOc1ccccc1C=NNC(=O)c1ccccc1OCc1ccccc1. The molecule has 0 unspecified atom stereocenters. The lowest BCUT2D eigenvalue weighted by Crippen LogP contribution is -2.18. The van der Waals surface area contributed by atoms with Gasteiger partial charge < -0.3 is 9.47 Å². The highest BCUT2D eigenvalue weighted by atomic mass is 16.5. The minimum Gasteiger partial charge on any atom is -0.493 e. The molecule has 0 saturated heterocycles. The van der Waals surface area contributed by atoms with Gasteiger partial charge in [-0.1, -0.05) is 54.6 Å². The number of hydrogen-bond acceptors (Lipinski definition) is 4. The zero-order valence-electron chi connectivity index (χ0n) is 15.7. The van der Waals surface area contributed by atoms with Crippen LogP contribution in [0.15, 0.2) is 84.0 Å². The minimum atomic E-state index is -0.339. The van der Waals surface area contributed by atoms with Crippen LogP contribution in [0.3, 0.4) is 0 Å². The van der Waals surface area contributed by atoms with Gasteiger partial charge in [0.2, 0.25) is 0 Å². The number of benzene rings is 3. The minimum absolute atomic E-state index is 0.339. The van der Waals surface area contributed by atoms with Crippen LogP contribution in [-0.4, -0.2) is 18.7 Å². The Labute approximate surface area is 164 Å². The molecule has 142 valence electrons. The molecule has 0 aliphatic carbocycles. The number of carbonyl (C=O) groups excluding carboxylic acids is 1. The summed E-state index contributed by atoms with van der Waals surface area (Å²) in [4.78, 5) is 12.5. The van der Waals surface area contributed by atoms with Gasteiger partial charge in [-0.15, -0.1) is 0 Å². The van der Waals surface area contributed by atoms with Gasteiger partial charge in [0.15, 0.2) is 0 Å². The number of nitrogens with zero attached hydrogens (tertiary/aromatic N) is 1. The number of hydrogen-bond donors (Lipinski definition) is 1. The number of ether oxygens (including phenoxy) is 2. The van der Waals surface area contributed by atoms with Crippen molar-refractivity contribution in [3.05, 3.63) is 95.6 Å². The van der Waals surface area contributed by atoms with Crippen molar-refractivity contribution in [1.29, 1.82) is 0 Å². The van der Waals surface area contributed by atoms with Crippen LogP contribution in [0.1, 0.15) is 28.4 Å². The molecule has 0 aromatic heterocycles. The van der Waals surface area contributed by atoms with E-state index in [2.05, 4.69) is 10.5 Å². The first kappa shape index (κ1) is 19.2. The van der Waals surface area contributed by atoms with E-state index in [0.717, 1.165) is 16.9 Å². The molecule has 0 bridgehead atoms. The highest BCUT2D eigenvalue weighted by Crippen LogP contribution is 2.19. The lowest BCUT2D eigenvalue weighted by atomic mass is 10.2. The molecule has 0 atom stereocenters. The quantitative estimate of drug-likeness (QED) is 0.469. The summed E-state index contributed by atoms with van der Waals surface area (Å²) in [6, 6.07) is 24.4. The van der Waals surface area contributed by atoms with Crippen LogP contribution in [0.5, 0.6) is 11.5 Å². The van der Waals surface area contributed by atoms with Gasteiger partial charge in [0.25, 0.3) is 5.91 Å². The molecule has 3 rings (SSSR count). The summed E-state index contributed by atoms with van der Waals surface area (Å²) in [5.41, 5.74) is 4.80. The first-order valence-electron chi connectivity index (χ1n) is 9.09. The summed E-state index contributed by atoms with van der Waals surface area (Å²) in [6.07, 6.45) is 1.57. The Hall–Kier alpha value is -3.60. The van der Waals surface area contributed by atoms with Crippen LogP contribution in [-0.2, 0) is 6.61 Å². The average molecular weight is 374 g/mol. The number of hydrazone groups is 1. The summed E-state index contributed by atoms with van der Waals surface area (Å²) < 4.78 is 11.4. The summed E-state index contributed by atoms with van der Waals surface area (Å²) in [5.74, 6) is 0.886. The van der Waals surface area contributed by atoms with E-state index in [0.29, 0.717) is 24.5 Å². The lowest BCUT2D eigenvalue weighted by molar-refractivity contribution is 0.0950. The van der Waals surface area contributed by atoms with E-state index < -0.39 is 0 Å². The van der Waals surface area contributed by atoms with Gasteiger partial charge in [-0.25, -0.2) is 5.43 Å². The van der Waals surface area contributed by atoms with E-state index in [9.17, 15) is 4.79 Å². The Morgan fingerprint density at radius 2 is 1.57 bits per heavy atom. The molecule has 3 aromatic rings. The average Bonchev–Trinajstić information content (AvgIpc) is 2.74. The first-order valence-corrected chi connectivity index (χ1v) is 9.09. The van der Waals surface area contributed by atoms with Gasteiger partial charge in [0, 0.05) is 5.56 Å². The molecular weight excluding hydrogens is 352 g/mol. The Morgan fingerprint density at radius 3 is 2.36 bits per heavy atom. The van der Waals surface area contributed by atoms with Crippen molar-refractivity contribution in [2.24, 2.45) is 5.10 Å².